The number of ether oxygens (including phenoxy) is 2. The Morgan fingerprint density at radius 2 is 1.94 bits per heavy atom. The van der Waals surface area contributed by atoms with Gasteiger partial charge in [0.1, 0.15) is 22.8 Å². The third-order valence-corrected chi connectivity index (χ3v) is 5.14. The molecule has 31 heavy (non-hydrogen) atoms. The van der Waals surface area contributed by atoms with Crippen LogP contribution in [0.4, 0.5) is 17.6 Å². The molecule has 0 amide bonds. The fourth-order valence-electron chi connectivity index (χ4n) is 3.60. The van der Waals surface area contributed by atoms with Gasteiger partial charge in [-0.3, -0.25) is 4.79 Å². The summed E-state index contributed by atoms with van der Waals surface area (Å²) >= 11 is 0. The topological polar surface area (TPSA) is 65.7 Å². The monoisotopic (exact) mass is 437 g/mol. The van der Waals surface area contributed by atoms with E-state index in [0.717, 1.165) is 24.6 Å². The number of imidazole rings is 1. The van der Waals surface area contributed by atoms with Gasteiger partial charge in [-0.1, -0.05) is 6.07 Å². The van der Waals surface area contributed by atoms with E-state index in [4.69, 9.17) is 4.74 Å². The fraction of sp³-hybridized carbons (Fsp3) is 0.381. The maximum atomic E-state index is 13.0. The molecule has 0 aromatic carbocycles. The second-order valence-corrected chi connectivity index (χ2v) is 7.21. The highest BCUT2D eigenvalue weighted by atomic mass is 19.3. The predicted octanol–water partition coefficient (Wildman–Crippen LogP) is 4.59. The number of aromatic nitrogens is 3. The zero-order chi connectivity index (χ0) is 22.0. The minimum atomic E-state index is -3.10. The van der Waals surface area contributed by atoms with E-state index >= 15 is 0 Å². The quantitative estimate of drug-likeness (QED) is 0.400. The van der Waals surface area contributed by atoms with Crippen molar-refractivity contribution in [3.05, 3.63) is 59.3 Å². The Morgan fingerprint density at radius 1 is 1.16 bits per heavy atom. The Hall–Kier alpha value is -3.01. The molecule has 0 N–H and O–H groups in total. The molecule has 1 fully saturated rings. The van der Waals surface area contributed by atoms with Crippen LogP contribution in [-0.4, -0.2) is 40.0 Å². The average molecular weight is 437 g/mol. The van der Waals surface area contributed by atoms with Crippen molar-refractivity contribution >= 4 is 11.4 Å². The van der Waals surface area contributed by atoms with Crippen molar-refractivity contribution < 1.29 is 31.8 Å². The van der Waals surface area contributed by atoms with Crippen molar-refractivity contribution in [1.82, 2.24) is 14.4 Å². The molecule has 1 aliphatic rings. The maximum Gasteiger partial charge on any atom is 0.387 e. The average Bonchev–Trinajstić information content (AvgIpc) is 3.17. The van der Waals surface area contributed by atoms with E-state index in [1.165, 1.54) is 24.4 Å². The minimum absolute atomic E-state index is 0.172. The van der Waals surface area contributed by atoms with Crippen LogP contribution in [0.5, 0.6) is 5.75 Å². The summed E-state index contributed by atoms with van der Waals surface area (Å²) in [6.45, 7) is -1.84. The molecule has 0 aliphatic carbocycles. The maximum absolute atomic E-state index is 13.0. The van der Waals surface area contributed by atoms with Gasteiger partial charge in [0, 0.05) is 49.6 Å². The van der Waals surface area contributed by atoms with E-state index in [1.807, 2.05) is 0 Å². The molecule has 4 rings (SSSR count). The zero-order valence-electron chi connectivity index (χ0n) is 16.3. The number of halogens is 4. The highest BCUT2D eigenvalue weighted by molar-refractivity contribution is 5.96. The molecular weight excluding hydrogens is 418 g/mol. The number of carbonyl (C=O) groups is 1. The van der Waals surface area contributed by atoms with E-state index in [-0.39, 0.29) is 29.3 Å². The normalized spacial score (nSPS) is 15.2. The number of rotatable bonds is 7. The molecule has 3 aromatic heterocycles. The first-order chi connectivity index (χ1) is 14.9. The van der Waals surface area contributed by atoms with Gasteiger partial charge in [-0.15, -0.1) is 0 Å². The molecule has 0 bridgehead atoms. The lowest BCUT2D eigenvalue weighted by atomic mass is 9.97. The molecular formula is C21H19F4N3O3. The molecule has 0 unspecified atom stereocenters. The molecule has 1 saturated heterocycles. The summed E-state index contributed by atoms with van der Waals surface area (Å²) < 4.78 is 63.3. The second kappa shape index (κ2) is 9.01. The van der Waals surface area contributed by atoms with Gasteiger partial charge in [-0.25, -0.2) is 18.7 Å². The summed E-state index contributed by atoms with van der Waals surface area (Å²) in [5.74, 6) is -0.588. The lowest BCUT2D eigenvalue weighted by Crippen LogP contribution is -2.14. The number of pyridine rings is 2. The van der Waals surface area contributed by atoms with Crippen LogP contribution in [0.2, 0.25) is 0 Å². The molecule has 0 atom stereocenters. The van der Waals surface area contributed by atoms with Gasteiger partial charge in [0.05, 0.1) is 5.69 Å². The van der Waals surface area contributed by atoms with Gasteiger partial charge in [0.15, 0.2) is 5.78 Å². The van der Waals surface area contributed by atoms with Crippen molar-refractivity contribution in [3.8, 4) is 5.75 Å². The lowest BCUT2D eigenvalue weighted by molar-refractivity contribution is -0.0504. The molecule has 1 aliphatic heterocycles. The van der Waals surface area contributed by atoms with Crippen molar-refractivity contribution in [2.75, 3.05) is 13.2 Å². The lowest BCUT2D eigenvalue weighted by Gasteiger charge is -2.19. The molecule has 4 heterocycles. The Balaban J connectivity index is 1.66. The SMILES string of the molecule is O=C(Cc1cn2cc(C3CCOCC3)nc2cc1OC(F)F)c1cccc(C(F)F)n1. The fourth-order valence-corrected chi connectivity index (χ4v) is 3.60. The Kier molecular flexibility index (Phi) is 6.17. The summed E-state index contributed by atoms with van der Waals surface area (Å²) in [6, 6.07) is 5.07. The molecule has 3 aromatic rings. The second-order valence-electron chi connectivity index (χ2n) is 7.21. The van der Waals surface area contributed by atoms with Crippen molar-refractivity contribution in [1.29, 1.82) is 0 Å². The first-order valence-corrected chi connectivity index (χ1v) is 9.73. The Morgan fingerprint density at radius 3 is 2.65 bits per heavy atom. The van der Waals surface area contributed by atoms with Crippen LogP contribution < -0.4 is 4.74 Å². The van der Waals surface area contributed by atoms with E-state index < -0.39 is 24.5 Å². The van der Waals surface area contributed by atoms with Crippen molar-refractivity contribution in [2.45, 2.75) is 38.2 Å². The Bertz CT molecular complexity index is 1080. The third kappa shape index (κ3) is 4.84. The van der Waals surface area contributed by atoms with E-state index in [0.29, 0.717) is 18.9 Å². The van der Waals surface area contributed by atoms with Gasteiger partial charge >= 0.3 is 6.61 Å². The smallest absolute Gasteiger partial charge is 0.387 e. The largest absolute Gasteiger partial charge is 0.434 e. The van der Waals surface area contributed by atoms with Gasteiger partial charge < -0.3 is 13.9 Å². The number of nitrogens with zero attached hydrogens (tertiary/aromatic N) is 3. The summed E-state index contributed by atoms with van der Waals surface area (Å²) in [5, 5.41) is 0. The Labute approximate surface area is 174 Å². The summed E-state index contributed by atoms with van der Waals surface area (Å²) in [6.07, 6.45) is 1.74. The number of hydrogen-bond acceptors (Lipinski definition) is 5. The molecule has 0 spiro atoms. The zero-order valence-corrected chi connectivity index (χ0v) is 16.3. The number of hydrogen-bond donors (Lipinski definition) is 0. The number of Topliss-reactive ketones (excluding diaryl/α,β-unsaturated/α-hetero) is 1. The van der Waals surface area contributed by atoms with Crippen LogP contribution in [0, 0.1) is 0 Å². The first kappa shape index (κ1) is 21.2. The number of carbonyl (C=O) groups excluding carboxylic acids is 1. The van der Waals surface area contributed by atoms with Crippen LogP contribution in [-0.2, 0) is 11.2 Å². The van der Waals surface area contributed by atoms with Gasteiger partial charge in [-0.2, -0.15) is 8.78 Å². The van der Waals surface area contributed by atoms with E-state index in [2.05, 4.69) is 14.7 Å². The highest BCUT2D eigenvalue weighted by Crippen LogP contribution is 2.29. The van der Waals surface area contributed by atoms with Crippen LogP contribution in [0.15, 0.2) is 36.7 Å². The standard InChI is InChI=1S/C21H19F4N3O3/c22-20(23)15-3-1-2-14(26-15)17(29)8-13-10-28-11-16(12-4-6-30-7-5-12)27-19(28)9-18(13)31-21(24)25/h1-3,9-12,20-21H,4-8H2. The highest BCUT2D eigenvalue weighted by Gasteiger charge is 2.22. The van der Waals surface area contributed by atoms with E-state index in [9.17, 15) is 22.4 Å². The summed E-state index contributed by atoms with van der Waals surface area (Å²) in [7, 11) is 0. The number of ketones is 1. The van der Waals surface area contributed by atoms with Gasteiger partial charge in [0.2, 0.25) is 0 Å². The molecule has 10 heteroatoms. The number of fused-ring (bicyclic) bond motifs is 1. The van der Waals surface area contributed by atoms with Crippen LogP contribution in [0.25, 0.3) is 5.65 Å². The van der Waals surface area contributed by atoms with Crippen LogP contribution in [0.1, 0.15) is 52.6 Å². The van der Waals surface area contributed by atoms with Gasteiger partial charge in [0.25, 0.3) is 6.43 Å². The third-order valence-electron chi connectivity index (χ3n) is 5.14. The predicted molar refractivity (Wildman–Crippen MR) is 102 cm³/mol. The minimum Gasteiger partial charge on any atom is -0.434 e. The van der Waals surface area contributed by atoms with Gasteiger partial charge in [-0.05, 0) is 25.0 Å². The molecule has 0 saturated carbocycles. The first-order valence-electron chi connectivity index (χ1n) is 9.73. The van der Waals surface area contributed by atoms with Crippen LogP contribution in [0.3, 0.4) is 0 Å². The summed E-state index contributed by atoms with van der Waals surface area (Å²) in [4.78, 5) is 20.8. The molecule has 6 nitrogen and oxygen atoms in total. The number of alkyl halides is 4. The summed E-state index contributed by atoms with van der Waals surface area (Å²) in [5.41, 5.74) is 0.695. The molecule has 164 valence electrons. The van der Waals surface area contributed by atoms with Crippen LogP contribution >= 0.6 is 0 Å². The van der Waals surface area contributed by atoms with E-state index in [1.54, 1.807) is 10.6 Å². The molecule has 0 radical (unpaired) electrons. The van der Waals surface area contributed by atoms with Crippen molar-refractivity contribution in [2.24, 2.45) is 0 Å². The van der Waals surface area contributed by atoms with Crippen molar-refractivity contribution in [3.63, 3.8) is 0 Å².